The van der Waals surface area contributed by atoms with Crippen LogP contribution in [0.15, 0.2) is 72.8 Å². The Morgan fingerprint density at radius 3 is 2.32 bits per heavy atom. The van der Waals surface area contributed by atoms with E-state index in [4.69, 9.17) is 14.5 Å². The zero-order valence-corrected chi connectivity index (χ0v) is 19.4. The minimum Gasteiger partial charge on any atom is -0.497 e. The number of esters is 1. The number of anilines is 1. The summed E-state index contributed by atoms with van der Waals surface area (Å²) in [7, 11) is 1.62. The summed E-state index contributed by atoms with van der Waals surface area (Å²) in [5.41, 5.74) is 4.73. The van der Waals surface area contributed by atoms with Gasteiger partial charge in [0.15, 0.2) is 0 Å². The molecule has 6 heteroatoms. The van der Waals surface area contributed by atoms with Gasteiger partial charge in [0.2, 0.25) is 0 Å². The molecule has 0 spiro atoms. The van der Waals surface area contributed by atoms with Crippen LogP contribution in [0.25, 0.3) is 22.2 Å². The van der Waals surface area contributed by atoms with Crippen LogP contribution < -0.4 is 10.1 Å². The second kappa shape index (κ2) is 10.2. The number of hydrogen-bond donors (Lipinski definition) is 1. The van der Waals surface area contributed by atoms with Gasteiger partial charge in [0.1, 0.15) is 5.75 Å². The molecule has 1 aromatic heterocycles. The molecule has 3 aromatic carbocycles. The predicted molar refractivity (Wildman–Crippen MR) is 133 cm³/mol. The summed E-state index contributed by atoms with van der Waals surface area (Å²) in [4.78, 5) is 30.3. The van der Waals surface area contributed by atoms with Gasteiger partial charge in [-0.25, -0.2) is 9.78 Å². The number of pyridine rings is 1. The third kappa shape index (κ3) is 4.76. The molecule has 0 fully saturated rings. The van der Waals surface area contributed by atoms with E-state index >= 15 is 0 Å². The number of aromatic nitrogens is 1. The van der Waals surface area contributed by atoms with Gasteiger partial charge >= 0.3 is 5.97 Å². The Bertz CT molecular complexity index is 1330. The third-order valence-corrected chi connectivity index (χ3v) is 5.54. The van der Waals surface area contributed by atoms with E-state index in [-0.39, 0.29) is 11.9 Å². The number of hydrogen-bond acceptors (Lipinski definition) is 5. The van der Waals surface area contributed by atoms with Gasteiger partial charge < -0.3 is 14.8 Å². The summed E-state index contributed by atoms with van der Waals surface area (Å²) < 4.78 is 10.4. The number of nitrogens with zero attached hydrogens (tertiary/aromatic N) is 1. The minimum atomic E-state index is -0.375. The number of nitrogens with one attached hydrogen (secondary N) is 1. The standard InChI is InChI=1S/C28H26N2O4/c1-4-17-34-28(32)20-9-13-21(14-10-20)29-27(31)25-18(2)26(19-11-15-22(33-3)16-12-19)30-24-8-6-5-7-23(24)25/h5-16H,4,17H2,1-3H3,(H,29,31). The normalized spacial score (nSPS) is 10.7. The first kappa shape index (κ1) is 23.0. The molecule has 1 heterocycles. The SMILES string of the molecule is CCCOC(=O)c1ccc(NC(=O)c2c(C)c(-c3ccc(OC)cc3)nc3ccccc23)cc1. The van der Waals surface area contributed by atoms with Gasteiger partial charge in [-0.15, -0.1) is 0 Å². The van der Waals surface area contributed by atoms with Crippen LogP contribution in [-0.2, 0) is 4.74 Å². The molecule has 1 N–H and O–H groups in total. The maximum atomic E-state index is 13.4. The van der Waals surface area contributed by atoms with E-state index < -0.39 is 0 Å². The van der Waals surface area contributed by atoms with Crippen LogP contribution in [0.5, 0.6) is 5.75 Å². The van der Waals surface area contributed by atoms with E-state index in [1.807, 2.05) is 62.4 Å². The van der Waals surface area contributed by atoms with Crippen LogP contribution in [0.1, 0.15) is 39.6 Å². The molecule has 0 saturated carbocycles. The molecule has 0 bridgehead atoms. The molecule has 1 amide bonds. The number of carbonyl (C=O) groups is 2. The fourth-order valence-corrected chi connectivity index (χ4v) is 3.79. The van der Waals surface area contributed by atoms with Gasteiger partial charge in [-0.1, -0.05) is 25.1 Å². The lowest BCUT2D eigenvalue weighted by molar-refractivity contribution is 0.0505. The van der Waals surface area contributed by atoms with E-state index in [0.717, 1.165) is 39.9 Å². The summed E-state index contributed by atoms with van der Waals surface area (Å²) in [5.74, 6) is 0.134. The van der Waals surface area contributed by atoms with Crippen LogP contribution in [-0.4, -0.2) is 30.6 Å². The molecule has 0 aliphatic rings. The molecular formula is C28H26N2O4. The highest BCUT2D eigenvalue weighted by atomic mass is 16.5. The quantitative estimate of drug-likeness (QED) is 0.345. The van der Waals surface area contributed by atoms with Crippen LogP contribution in [0.2, 0.25) is 0 Å². The molecule has 0 saturated heterocycles. The molecule has 0 aliphatic heterocycles. The Balaban J connectivity index is 1.68. The van der Waals surface area contributed by atoms with Crippen molar-refractivity contribution in [3.8, 4) is 17.0 Å². The van der Waals surface area contributed by atoms with E-state index in [2.05, 4.69) is 5.32 Å². The van der Waals surface area contributed by atoms with E-state index in [0.29, 0.717) is 23.4 Å². The highest BCUT2D eigenvalue weighted by Gasteiger charge is 2.19. The fourth-order valence-electron chi connectivity index (χ4n) is 3.79. The zero-order chi connectivity index (χ0) is 24.1. The van der Waals surface area contributed by atoms with Crippen molar-refractivity contribution in [2.75, 3.05) is 19.0 Å². The third-order valence-electron chi connectivity index (χ3n) is 5.54. The molecule has 4 aromatic rings. The van der Waals surface area contributed by atoms with Crippen molar-refractivity contribution >= 4 is 28.5 Å². The van der Waals surface area contributed by atoms with Gasteiger partial charge in [0.25, 0.3) is 5.91 Å². The Labute approximate surface area is 198 Å². The molecule has 172 valence electrons. The molecule has 0 atom stereocenters. The highest BCUT2D eigenvalue weighted by molar-refractivity contribution is 6.14. The van der Waals surface area contributed by atoms with Crippen LogP contribution >= 0.6 is 0 Å². The number of fused-ring (bicyclic) bond motifs is 1. The first-order valence-corrected chi connectivity index (χ1v) is 11.1. The summed E-state index contributed by atoms with van der Waals surface area (Å²) in [6.07, 6.45) is 0.762. The Morgan fingerprint density at radius 2 is 1.65 bits per heavy atom. The number of amides is 1. The lowest BCUT2D eigenvalue weighted by atomic mass is 9.97. The number of rotatable bonds is 7. The van der Waals surface area contributed by atoms with Crippen LogP contribution in [0, 0.1) is 6.92 Å². The van der Waals surface area contributed by atoms with Crippen molar-refractivity contribution < 1.29 is 19.1 Å². The lowest BCUT2D eigenvalue weighted by Crippen LogP contribution is -2.15. The van der Waals surface area contributed by atoms with Gasteiger partial charge in [-0.3, -0.25) is 4.79 Å². The smallest absolute Gasteiger partial charge is 0.338 e. The molecule has 0 radical (unpaired) electrons. The minimum absolute atomic E-state index is 0.243. The van der Waals surface area contributed by atoms with Crippen LogP contribution in [0.4, 0.5) is 5.69 Å². The average molecular weight is 455 g/mol. The second-order valence-corrected chi connectivity index (χ2v) is 7.87. The van der Waals surface area contributed by atoms with Gasteiger partial charge in [-0.05, 0) is 73.5 Å². The Morgan fingerprint density at radius 1 is 0.941 bits per heavy atom. The fraction of sp³-hybridized carbons (Fsp3) is 0.179. The maximum absolute atomic E-state index is 13.4. The van der Waals surface area contributed by atoms with Crippen molar-refractivity contribution in [2.45, 2.75) is 20.3 Å². The second-order valence-electron chi connectivity index (χ2n) is 7.87. The molecule has 6 nitrogen and oxygen atoms in total. The number of ether oxygens (including phenoxy) is 2. The lowest BCUT2D eigenvalue weighted by Gasteiger charge is -2.15. The van der Waals surface area contributed by atoms with Gasteiger partial charge in [0, 0.05) is 16.6 Å². The van der Waals surface area contributed by atoms with Crippen molar-refractivity contribution in [1.82, 2.24) is 4.98 Å². The average Bonchev–Trinajstić information content (AvgIpc) is 2.87. The predicted octanol–water partition coefficient (Wildman–Crippen LogP) is 6.04. The first-order chi connectivity index (χ1) is 16.5. The Kier molecular flexibility index (Phi) is 6.87. The molecule has 0 unspecified atom stereocenters. The number of carbonyl (C=O) groups excluding carboxylic acids is 2. The van der Waals surface area contributed by atoms with Crippen molar-refractivity contribution in [3.05, 3.63) is 89.5 Å². The monoisotopic (exact) mass is 454 g/mol. The number of methoxy groups -OCH3 is 1. The highest BCUT2D eigenvalue weighted by Crippen LogP contribution is 2.31. The maximum Gasteiger partial charge on any atom is 0.338 e. The van der Waals surface area contributed by atoms with E-state index in [1.54, 1.807) is 31.4 Å². The van der Waals surface area contributed by atoms with Crippen LogP contribution in [0.3, 0.4) is 0 Å². The first-order valence-electron chi connectivity index (χ1n) is 11.1. The number of para-hydroxylation sites is 1. The Hall–Kier alpha value is -4.19. The van der Waals surface area contributed by atoms with Gasteiger partial charge in [-0.2, -0.15) is 0 Å². The largest absolute Gasteiger partial charge is 0.497 e. The van der Waals surface area contributed by atoms with Crippen molar-refractivity contribution in [3.63, 3.8) is 0 Å². The summed E-state index contributed by atoms with van der Waals surface area (Å²) in [6.45, 7) is 4.22. The topological polar surface area (TPSA) is 77.5 Å². The molecule has 34 heavy (non-hydrogen) atoms. The zero-order valence-electron chi connectivity index (χ0n) is 19.4. The van der Waals surface area contributed by atoms with E-state index in [9.17, 15) is 9.59 Å². The molecule has 0 aliphatic carbocycles. The van der Waals surface area contributed by atoms with Gasteiger partial charge in [0.05, 0.1) is 36.1 Å². The summed E-state index contributed by atoms with van der Waals surface area (Å²) in [5, 5.41) is 3.73. The molecular weight excluding hydrogens is 428 g/mol. The van der Waals surface area contributed by atoms with Crippen molar-refractivity contribution in [2.24, 2.45) is 0 Å². The van der Waals surface area contributed by atoms with E-state index in [1.165, 1.54) is 0 Å². The summed E-state index contributed by atoms with van der Waals surface area (Å²) >= 11 is 0. The molecule has 4 rings (SSSR count). The number of benzene rings is 3. The van der Waals surface area contributed by atoms with Crippen molar-refractivity contribution in [1.29, 1.82) is 0 Å². The summed E-state index contributed by atoms with van der Waals surface area (Å²) in [6, 6.07) is 21.9.